The van der Waals surface area contributed by atoms with Crippen LogP contribution in [0.2, 0.25) is 0 Å². The normalized spacial score (nSPS) is 19.8. The van der Waals surface area contributed by atoms with E-state index in [0.29, 0.717) is 39.3 Å². The number of aliphatic imine (C=N–C) groups is 1. The van der Waals surface area contributed by atoms with Crippen LogP contribution >= 0.6 is 11.8 Å². The molecule has 4 rings (SSSR count). The van der Waals surface area contributed by atoms with Crippen LogP contribution in [-0.2, 0) is 9.53 Å². The molecule has 2 N–H and O–H groups in total. The van der Waals surface area contributed by atoms with E-state index in [0.717, 1.165) is 12.0 Å². The summed E-state index contributed by atoms with van der Waals surface area (Å²) >= 11 is 1.21. The van der Waals surface area contributed by atoms with E-state index in [2.05, 4.69) is 11.1 Å². The summed E-state index contributed by atoms with van der Waals surface area (Å²) in [4.78, 5) is 19.7. The molecule has 150 valence electrons. The molecule has 9 heteroatoms. The predicted octanol–water partition coefficient (Wildman–Crippen LogP) is 3.14. The van der Waals surface area contributed by atoms with E-state index in [1.165, 1.54) is 11.8 Å². The molecule has 1 aromatic rings. The van der Waals surface area contributed by atoms with Crippen LogP contribution < -0.4 is 15.2 Å². The summed E-state index contributed by atoms with van der Waals surface area (Å²) in [7, 11) is 0. The Kier molecular flexibility index (Phi) is 5.11. The van der Waals surface area contributed by atoms with Crippen molar-refractivity contribution in [2.75, 3.05) is 13.4 Å². The molecule has 0 saturated carbocycles. The molecule has 0 unspecified atom stereocenters. The standard InChI is InChI=1S/C20H20N4O4S/c1-3-5-12-16(19(25)26-4-2)17(11-6-7-13-14(8-11)28-10-27-13)24-18(22)15(9-21)29-20(24)23-12/h6-8,17H,3-5,10,22H2,1-2H3/t17-/m0/s1. The fourth-order valence-electron chi connectivity index (χ4n) is 3.54. The van der Waals surface area contributed by atoms with Crippen LogP contribution in [0, 0.1) is 11.3 Å². The van der Waals surface area contributed by atoms with Gasteiger partial charge in [-0.05, 0) is 42.8 Å². The summed E-state index contributed by atoms with van der Waals surface area (Å²) < 4.78 is 16.3. The minimum atomic E-state index is -0.573. The van der Waals surface area contributed by atoms with Crippen LogP contribution in [0.3, 0.4) is 0 Å². The van der Waals surface area contributed by atoms with Crippen LogP contribution in [0.25, 0.3) is 0 Å². The lowest BCUT2D eigenvalue weighted by atomic mass is 9.92. The van der Waals surface area contributed by atoms with Gasteiger partial charge in [0.25, 0.3) is 0 Å². The molecule has 0 aliphatic carbocycles. The number of hydrogen-bond donors (Lipinski definition) is 1. The number of fused-ring (bicyclic) bond motifs is 2. The number of allylic oxidation sites excluding steroid dienone is 2. The SMILES string of the molecule is CCCC1=C(C(=O)OCC)[C@H](c2ccc3c(c2)OCO3)N2C(=N1)SC(C#N)=C2N. The first-order valence-electron chi connectivity index (χ1n) is 9.34. The molecule has 0 spiro atoms. The number of nitrogens with zero attached hydrogens (tertiary/aromatic N) is 3. The molecule has 1 atom stereocenters. The third kappa shape index (κ3) is 3.19. The minimum Gasteiger partial charge on any atom is -0.463 e. The van der Waals surface area contributed by atoms with E-state index >= 15 is 0 Å². The minimum absolute atomic E-state index is 0.151. The van der Waals surface area contributed by atoms with E-state index in [4.69, 9.17) is 19.9 Å². The van der Waals surface area contributed by atoms with Gasteiger partial charge in [0.2, 0.25) is 6.79 Å². The highest BCUT2D eigenvalue weighted by Crippen LogP contribution is 2.47. The number of amidine groups is 1. The van der Waals surface area contributed by atoms with Crippen molar-refractivity contribution < 1.29 is 19.0 Å². The summed E-state index contributed by atoms with van der Waals surface area (Å²) in [5.41, 5.74) is 8.15. The van der Waals surface area contributed by atoms with Crippen LogP contribution in [0.4, 0.5) is 0 Å². The van der Waals surface area contributed by atoms with Crippen molar-refractivity contribution in [2.45, 2.75) is 32.7 Å². The van der Waals surface area contributed by atoms with E-state index < -0.39 is 12.0 Å². The quantitative estimate of drug-likeness (QED) is 0.735. The number of carbonyl (C=O) groups excluding carboxylic acids is 1. The van der Waals surface area contributed by atoms with Crippen molar-refractivity contribution in [2.24, 2.45) is 10.7 Å². The zero-order chi connectivity index (χ0) is 20.5. The van der Waals surface area contributed by atoms with Crippen molar-refractivity contribution in [3.05, 3.63) is 45.8 Å². The molecular formula is C20H20N4O4S. The predicted molar refractivity (Wildman–Crippen MR) is 108 cm³/mol. The lowest BCUT2D eigenvalue weighted by Gasteiger charge is -2.35. The van der Waals surface area contributed by atoms with Gasteiger partial charge < -0.3 is 19.9 Å². The smallest absolute Gasteiger partial charge is 0.338 e. The van der Waals surface area contributed by atoms with Gasteiger partial charge in [0.15, 0.2) is 16.7 Å². The molecule has 3 aliphatic heterocycles. The summed E-state index contributed by atoms with van der Waals surface area (Å²) in [5.74, 6) is 1.08. The second-order valence-corrected chi connectivity index (χ2v) is 7.52. The van der Waals surface area contributed by atoms with Gasteiger partial charge in [-0.25, -0.2) is 9.79 Å². The molecule has 0 aromatic heterocycles. The third-order valence-corrected chi connectivity index (χ3v) is 5.74. The Morgan fingerprint density at radius 1 is 1.41 bits per heavy atom. The first kappa shape index (κ1) is 19.2. The molecular weight excluding hydrogens is 392 g/mol. The Morgan fingerprint density at radius 2 is 2.21 bits per heavy atom. The van der Waals surface area contributed by atoms with Crippen molar-refractivity contribution in [3.8, 4) is 17.6 Å². The Morgan fingerprint density at radius 3 is 2.93 bits per heavy atom. The molecule has 29 heavy (non-hydrogen) atoms. The second-order valence-electron chi connectivity index (χ2n) is 6.54. The summed E-state index contributed by atoms with van der Waals surface area (Å²) in [6.07, 6.45) is 1.41. The number of benzene rings is 1. The van der Waals surface area contributed by atoms with Crippen molar-refractivity contribution in [1.82, 2.24) is 4.90 Å². The van der Waals surface area contributed by atoms with Gasteiger partial charge in [-0.15, -0.1) is 0 Å². The Hall–Kier alpha value is -3.12. The van der Waals surface area contributed by atoms with Crippen molar-refractivity contribution in [3.63, 3.8) is 0 Å². The van der Waals surface area contributed by atoms with Crippen molar-refractivity contribution in [1.29, 1.82) is 5.26 Å². The number of carbonyl (C=O) groups is 1. The molecule has 0 saturated heterocycles. The number of nitrogens with two attached hydrogens (primary N) is 1. The number of thioether (sulfide) groups is 1. The van der Waals surface area contributed by atoms with Gasteiger partial charge >= 0.3 is 5.97 Å². The topological polar surface area (TPSA) is 110 Å². The van der Waals surface area contributed by atoms with Gasteiger partial charge in [-0.3, -0.25) is 4.90 Å². The first-order valence-corrected chi connectivity index (χ1v) is 10.2. The molecule has 1 aromatic carbocycles. The Labute approximate surface area is 172 Å². The Balaban J connectivity index is 1.90. The van der Waals surface area contributed by atoms with Gasteiger partial charge in [0.1, 0.15) is 16.8 Å². The maximum Gasteiger partial charge on any atom is 0.338 e. The molecule has 0 fully saturated rings. The zero-order valence-electron chi connectivity index (χ0n) is 16.1. The highest BCUT2D eigenvalue weighted by molar-refractivity contribution is 8.17. The summed E-state index contributed by atoms with van der Waals surface area (Å²) in [6, 6.07) is 7.05. The van der Waals surface area contributed by atoms with Crippen LogP contribution in [0.1, 0.15) is 38.3 Å². The number of esters is 1. The number of nitriles is 1. The van der Waals surface area contributed by atoms with Gasteiger partial charge in [0, 0.05) is 0 Å². The summed E-state index contributed by atoms with van der Waals surface area (Å²) in [5, 5.41) is 10.0. The van der Waals surface area contributed by atoms with Crippen molar-refractivity contribution >= 4 is 22.9 Å². The fourth-order valence-corrected chi connectivity index (χ4v) is 4.43. The first-order chi connectivity index (χ1) is 14.1. The maximum atomic E-state index is 13.0. The molecule has 0 radical (unpaired) electrons. The summed E-state index contributed by atoms with van der Waals surface area (Å²) in [6.45, 7) is 4.18. The van der Waals surface area contributed by atoms with E-state index in [1.807, 2.05) is 19.1 Å². The highest BCUT2D eigenvalue weighted by atomic mass is 32.2. The fraction of sp³-hybridized carbons (Fsp3) is 0.350. The molecule has 3 aliphatic rings. The average molecular weight is 412 g/mol. The average Bonchev–Trinajstić information content (AvgIpc) is 3.31. The third-order valence-electron chi connectivity index (χ3n) is 4.76. The van der Waals surface area contributed by atoms with Gasteiger partial charge in [-0.1, -0.05) is 19.4 Å². The van der Waals surface area contributed by atoms with Gasteiger partial charge in [0.05, 0.1) is 23.9 Å². The molecule has 0 bridgehead atoms. The molecule has 0 amide bonds. The number of hydrogen-bond acceptors (Lipinski definition) is 9. The monoisotopic (exact) mass is 412 g/mol. The van der Waals surface area contributed by atoms with Crippen LogP contribution in [0.5, 0.6) is 11.5 Å². The lowest BCUT2D eigenvalue weighted by Crippen LogP contribution is -2.39. The molecule has 3 heterocycles. The van der Waals surface area contributed by atoms with Crippen LogP contribution in [-0.4, -0.2) is 29.4 Å². The molecule has 8 nitrogen and oxygen atoms in total. The second kappa shape index (κ2) is 7.72. The zero-order valence-corrected chi connectivity index (χ0v) is 16.9. The number of ether oxygens (including phenoxy) is 3. The van der Waals surface area contributed by atoms with Gasteiger partial charge in [-0.2, -0.15) is 5.26 Å². The largest absolute Gasteiger partial charge is 0.463 e. The number of rotatable bonds is 5. The maximum absolute atomic E-state index is 13.0. The van der Waals surface area contributed by atoms with E-state index in [-0.39, 0.29) is 19.2 Å². The van der Waals surface area contributed by atoms with Crippen LogP contribution in [0.15, 0.2) is 45.2 Å². The Bertz CT molecular complexity index is 1010. The van der Waals surface area contributed by atoms with E-state index in [9.17, 15) is 10.1 Å². The lowest BCUT2D eigenvalue weighted by molar-refractivity contribution is -0.139. The van der Waals surface area contributed by atoms with E-state index in [1.54, 1.807) is 17.9 Å². The highest BCUT2D eigenvalue weighted by Gasteiger charge is 2.43.